The molecule has 2 aliphatic rings. The second kappa shape index (κ2) is 10.0. The van der Waals surface area contributed by atoms with Crippen LogP contribution in [0.2, 0.25) is 0 Å². The van der Waals surface area contributed by atoms with Crippen LogP contribution >= 0.6 is 0 Å². The number of amides is 2. The standard InChI is InChI=1S/C32H35FN4O2/c1-22-11-7-8-12-23(22)20-37-30(38)29-28(35-17-9-10-18-35)26-19-24(33)15-16-27(26)36(29)21-32(37,2)31(39)34-25-13-5-3-4-6-14-25/h7-12,15-19,25H,3-6,13-14,20-21H2,1-2H3,(H,34,39)/t32-/m0/s1. The molecule has 202 valence electrons. The lowest BCUT2D eigenvalue weighted by Crippen LogP contribution is -2.64. The van der Waals surface area contributed by atoms with Gasteiger partial charge < -0.3 is 19.4 Å². The molecule has 0 saturated heterocycles. The molecular weight excluding hydrogens is 491 g/mol. The van der Waals surface area contributed by atoms with E-state index < -0.39 is 5.54 Å². The zero-order valence-corrected chi connectivity index (χ0v) is 22.6. The molecule has 1 aliphatic carbocycles. The van der Waals surface area contributed by atoms with Gasteiger partial charge in [0.15, 0.2) is 0 Å². The average molecular weight is 527 g/mol. The van der Waals surface area contributed by atoms with Gasteiger partial charge in [-0.15, -0.1) is 0 Å². The molecule has 0 spiro atoms. The molecular formula is C32H35FN4O2. The van der Waals surface area contributed by atoms with E-state index in [9.17, 15) is 14.0 Å². The maximum atomic E-state index is 14.6. The molecule has 1 aliphatic heterocycles. The quantitative estimate of drug-likeness (QED) is 0.318. The van der Waals surface area contributed by atoms with Gasteiger partial charge in [0.25, 0.3) is 5.91 Å². The molecule has 1 fully saturated rings. The number of aromatic nitrogens is 2. The van der Waals surface area contributed by atoms with Gasteiger partial charge >= 0.3 is 0 Å². The van der Waals surface area contributed by atoms with Crippen molar-refractivity contribution in [1.29, 1.82) is 0 Å². The van der Waals surface area contributed by atoms with Crippen LogP contribution in [-0.4, -0.2) is 37.4 Å². The van der Waals surface area contributed by atoms with Crippen molar-refractivity contribution in [3.8, 4) is 5.69 Å². The molecule has 7 heteroatoms. The average Bonchev–Trinajstić information content (AvgIpc) is 3.46. The predicted molar refractivity (Wildman–Crippen MR) is 150 cm³/mol. The Morgan fingerprint density at radius 1 is 1.03 bits per heavy atom. The van der Waals surface area contributed by atoms with Gasteiger partial charge in [-0.2, -0.15) is 0 Å². The Balaban J connectivity index is 1.50. The topological polar surface area (TPSA) is 59.3 Å². The summed E-state index contributed by atoms with van der Waals surface area (Å²) in [5.41, 5.74) is 2.79. The minimum atomic E-state index is -1.13. The lowest BCUT2D eigenvalue weighted by molar-refractivity contribution is -0.134. The first-order valence-corrected chi connectivity index (χ1v) is 14.0. The number of nitrogens with zero attached hydrogens (tertiary/aromatic N) is 3. The van der Waals surface area contributed by atoms with Crippen LogP contribution in [0.3, 0.4) is 0 Å². The summed E-state index contributed by atoms with van der Waals surface area (Å²) in [6, 6.07) is 16.5. The summed E-state index contributed by atoms with van der Waals surface area (Å²) in [6.45, 7) is 4.49. The molecule has 6 nitrogen and oxygen atoms in total. The fourth-order valence-corrected chi connectivity index (χ4v) is 6.34. The summed E-state index contributed by atoms with van der Waals surface area (Å²) < 4.78 is 18.3. The van der Waals surface area contributed by atoms with E-state index in [0.717, 1.165) is 42.3 Å². The van der Waals surface area contributed by atoms with Gasteiger partial charge in [-0.05, 0) is 68.1 Å². The third kappa shape index (κ3) is 4.44. The first-order valence-electron chi connectivity index (χ1n) is 14.0. The molecule has 39 heavy (non-hydrogen) atoms. The molecule has 1 atom stereocenters. The molecule has 2 aromatic heterocycles. The van der Waals surface area contributed by atoms with Crippen molar-refractivity contribution < 1.29 is 14.0 Å². The normalized spacial score (nSPS) is 20.2. The van der Waals surface area contributed by atoms with Crippen LogP contribution in [-0.2, 0) is 17.9 Å². The number of aryl methyl sites for hydroxylation is 1. The van der Waals surface area contributed by atoms with Crippen LogP contribution in [0.15, 0.2) is 67.0 Å². The van der Waals surface area contributed by atoms with Crippen LogP contribution in [0.4, 0.5) is 4.39 Å². The Morgan fingerprint density at radius 3 is 2.46 bits per heavy atom. The highest BCUT2D eigenvalue weighted by atomic mass is 19.1. The van der Waals surface area contributed by atoms with E-state index in [1.54, 1.807) is 11.0 Å². The number of carbonyl (C=O) groups is 2. The maximum absolute atomic E-state index is 14.6. The molecule has 0 radical (unpaired) electrons. The Hall–Kier alpha value is -3.87. The van der Waals surface area contributed by atoms with Crippen molar-refractivity contribution in [1.82, 2.24) is 19.4 Å². The number of hydrogen-bond acceptors (Lipinski definition) is 2. The number of nitrogens with one attached hydrogen (secondary N) is 1. The Kier molecular flexibility index (Phi) is 6.53. The lowest BCUT2D eigenvalue weighted by atomic mass is 9.92. The van der Waals surface area contributed by atoms with Crippen molar-refractivity contribution in [3.63, 3.8) is 0 Å². The van der Waals surface area contributed by atoms with Gasteiger partial charge in [-0.3, -0.25) is 9.59 Å². The van der Waals surface area contributed by atoms with E-state index in [2.05, 4.69) is 5.32 Å². The number of hydrogen-bond donors (Lipinski definition) is 1. The summed E-state index contributed by atoms with van der Waals surface area (Å²) in [5, 5.41) is 3.98. The van der Waals surface area contributed by atoms with Crippen LogP contribution in [0.25, 0.3) is 16.6 Å². The summed E-state index contributed by atoms with van der Waals surface area (Å²) in [7, 11) is 0. The number of rotatable bonds is 5. The van der Waals surface area contributed by atoms with E-state index in [-0.39, 0.29) is 30.2 Å². The molecule has 6 rings (SSSR count). The Morgan fingerprint density at radius 2 is 1.74 bits per heavy atom. The second-order valence-corrected chi connectivity index (χ2v) is 11.3. The monoisotopic (exact) mass is 526 g/mol. The van der Waals surface area contributed by atoms with Crippen LogP contribution < -0.4 is 5.32 Å². The first kappa shape index (κ1) is 25.4. The van der Waals surface area contributed by atoms with Gasteiger partial charge in [0.1, 0.15) is 17.1 Å². The van der Waals surface area contributed by atoms with E-state index in [1.807, 2.05) is 71.8 Å². The summed E-state index contributed by atoms with van der Waals surface area (Å²) in [5.74, 6) is -0.728. The molecule has 1 saturated carbocycles. The number of fused-ring (bicyclic) bond motifs is 3. The molecule has 4 aromatic rings. The molecule has 2 aromatic carbocycles. The predicted octanol–water partition coefficient (Wildman–Crippen LogP) is 6.13. The summed E-state index contributed by atoms with van der Waals surface area (Å²) >= 11 is 0. The zero-order chi connectivity index (χ0) is 27.1. The van der Waals surface area contributed by atoms with E-state index in [4.69, 9.17) is 0 Å². The SMILES string of the molecule is Cc1ccccc1CN1C(=O)c2c(-n3cccc3)c3cc(F)ccc3n2C[C@@]1(C)C(=O)NC1CCCCCC1. The van der Waals surface area contributed by atoms with Crippen molar-refractivity contribution in [2.24, 2.45) is 0 Å². The van der Waals surface area contributed by atoms with Gasteiger partial charge in [0, 0.05) is 30.4 Å². The molecule has 0 bridgehead atoms. The highest BCUT2D eigenvalue weighted by molar-refractivity contribution is 6.09. The fraction of sp³-hybridized carbons (Fsp3) is 0.375. The van der Waals surface area contributed by atoms with Gasteiger partial charge in [0.05, 0.1) is 17.7 Å². The van der Waals surface area contributed by atoms with Gasteiger partial charge in [-0.1, -0.05) is 49.9 Å². The number of halogens is 1. The molecule has 2 amide bonds. The summed E-state index contributed by atoms with van der Waals surface area (Å²) in [4.78, 5) is 30.5. The number of benzene rings is 2. The van der Waals surface area contributed by atoms with Crippen molar-refractivity contribution in [2.75, 3.05) is 0 Å². The van der Waals surface area contributed by atoms with Crippen LogP contribution in [0, 0.1) is 12.7 Å². The second-order valence-electron chi connectivity index (χ2n) is 11.3. The molecule has 3 heterocycles. The fourth-order valence-electron chi connectivity index (χ4n) is 6.34. The summed E-state index contributed by atoms with van der Waals surface area (Å²) in [6.07, 6.45) is 10.2. The highest BCUT2D eigenvalue weighted by Gasteiger charge is 2.49. The smallest absolute Gasteiger partial charge is 0.273 e. The van der Waals surface area contributed by atoms with Gasteiger partial charge in [-0.25, -0.2) is 4.39 Å². The largest absolute Gasteiger partial charge is 0.351 e. The van der Waals surface area contributed by atoms with Crippen LogP contribution in [0.1, 0.15) is 67.1 Å². The van der Waals surface area contributed by atoms with Gasteiger partial charge in [0.2, 0.25) is 5.91 Å². The van der Waals surface area contributed by atoms with E-state index in [1.165, 1.54) is 25.0 Å². The van der Waals surface area contributed by atoms with Crippen molar-refractivity contribution >= 4 is 22.7 Å². The third-order valence-corrected chi connectivity index (χ3v) is 8.64. The minimum absolute atomic E-state index is 0.111. The number of carbonyl (C=O) groups excluding carboxylic acids is 2. The van der Waals surface area contributed by atoms with E-state index in [0.29, 0.717) is 23.3 Å². The zero-order valence-electron chi connectivity index (χ0n) is 22.6. The van der Waals surface area contributed by atoms with Crippen molar-refractivity contribution in [3.05, 3.63) is 89.6 Å². The Labute approximate surface area is 228 Å². The van der Waals surface area contributed by atoms with Crippen molar-refractivity contribution in [2.45, 2.75) is 77.0 Å². The molecule has 0 unspecified atom stereocenters. The first-order chi connectivity index (χ1) is 18.9. The van der Waals surface area contributed by atoms with E-state index >= 15 is 0 Å². The maximum Gasteiger partial charge on any atom is 0.273 e. The highest BCUT2D eigenvalue weighted by Crippen LogP contribution is 2.39. The third-order valence-electron chi connectivity index (χ3n) is 8.64. The minimum Gasteiger partial charge on any atom is -0.351 e. The van der Waals surface area contributed by atoms with Crippen LogP contribution in [0.5, 0.6) is 0 Å². The Bertz CT molecular complexity index is 1530. The lowest BCUT2D eigenvalue weighted by Gasteiger charge is -2.45. The molecule has 1 N–H and O–H groups in total.